The lowest BCUT2D eigenvalue weighted by Gasteiger charge is -2.31. The van der Waals surface area contributed by atoms with Gasteiger partial charge in [0, 0.05) is 41.4 Å². The van der Waals surface area contributed by atoms with E-state index in [0.29, 0.717) is 28.5 Å². The smallest absolute Gasteiger partial charge is 0.328 e. The average Bonchev–Trinajstić information content (AvgIpc) is 2.95. The van der Waals surface area contributed by atoms with Crippen LogP contribution in [0.4, 0.5) is 8.78 Å². The van der Waals surface area contributed by atoms with Crippen molar-refractivity contribution in [2.45, 2.75) is 34.4 Å². The van der Waals surface area contributed by atoms with Crippen molar-refractivity contribution in [1.82, 2.24) is 15.5 Å². The van der Waals surface area contributed by atoms with Crippen molar-refractivity contribution >= 4 is 76.5 Å². The summed E-state index contributed by atoms with van der Waals surface area (Å²) in [4.78, 5) is 52.2. The van der Waals surface area contributed by atoms with Gasteiger partial charge in [-0.3, -0.25) is 14.4 Å². The zero-order chi connectivity index (χ0) is 30.1. The Kier molecular flexibility index (Phi) is 12.3. The van der Waals surface area contributed by atoms with Gasteiger partial charge in [0.2, 0.25) is 11.8 Å². The predicted molar refractivity (Wildman–Crippen MR) is 157 cm³/mol. The topological polar surface area (TPSA) is 116 Å². The van der Waals surface area contributed by atoms with Gasteiger partial charge >= 0.3 is 5.97 Å². The molecule has 1 atom stereocenters. The molecule has 1 fully saturated rings. The standard InChI is InChI=1S/C27H27Cl2F2N3O5S2/c1-40-20-8-6-15(22(28)23(20)29)7-9-21(35)34-12-10-16(11-13-34)24(36)33-18(26(38)39)14-32-25(37)17-4-2-3-5-19(17)41-27(30)31/h2-9,16,18,27H,10-14H2,1H3,(H,32,37)(H,33,36)(H,38,39). The number of benzene rings is 2. The third-order valence-electron chi connectivity index (χ3n) is 6.31. The quantitative estimate of drug-likeness (QED) is 0.225. The van der Waals surface area contributed by atoms with Crippen LogP contribution in [-0.2, 0) is 14.4 Å². The number of carbonyl (C=O) groups is 4. The van der Waals surface area contributed by atoms with Crippen LogP contribution in [0.3, 0.4) is 0 Å². The van der Waals surface area contributed by atoms with E-state index in [9.17, 15) is 33.1 Å². The zero-order valence-electron chi connectivity index (χ0n) is 21.7. The summed E-state index contributed by atoms with van der Waals surface area (Å²) in [6, 6.07) is 7.87. The van der Waals surface area contributed by atoms with E-state index in [-0.39, 0.29) is 41.2 Å². The molecule has 3 N–H and O–H groups in total. The fraction of sp³-hybridized carbons (Fsp3) is 0.333. The molecule has 0 radical (unpaired) electrons. The van der Waals surface area contributed by atoms with Gasteiger partial charge < -0.3 is 20.6 Å². The number of hydrogen-bond donors (Lipinski definition) is 3. The van der Waals surface area contributed by atoms with E-state index in [2.05, 4.69) is 10.6 Å². The van der Waals surface area contributed by atoms with Crippen LogP contribution in [0, 0.1) is 5.92 Å². The van der Waals surface area contributed by atoms with Crippen molar-refractivity contribution in [2.75, 3.05) is 25.9 Å². The van der Waals surface area contributed by atoms with Crippen LogP contribution in [0.5, 0.6) is 0 Å². The second-order valence-corrected chi connectivity index (χ2v) is 11.5. The number of nitrogens with one attached hydrogen (secondary N) is 2. The van der Waals surface area contributed by atoms with Crippen molar-refractivity contribution in [2.24, 2.45) is 5.92 Å². The lowest BCUT2D eigenvalue weighted by molar-refractivity contribution is -0.142. The van der Waals surface area contributed by atoms with Gasteiger partial charge in [0.15, 0.2) is 0 Å². The maximum atomic E-state index is 12.8. The summed E-state index contributed by atoms with van der Waals surface area (Å²) in [7, 11) is 0. The molecule has 0 spiro atoms. The summed E-state index contributed by atoms with van der Waals surface area (Å²) in [5.41, 5.74) is 0.571. The molecule has 1 saturated heterocycles. The lowest BCUT2D eigenvalue weighted by atomic mass is 9.95. The third kappa shape index (κ3) is 9.09. The number of rotatable bonds is 11. The number of carboxylic acids is 1. The highest BCUT2D eigenvalue weighted by atomic mass is 35.5. The summed E-state index contributed by atoms with van der Waals surface area (Å²) in [6.07, 6.45) is 5.48. The van der Waals surface area contributed by atoms with Crippen LogP contribution in [0.1, 0.15) is 28.8 Å². The van der Waals surface area contributed by atoms with E-state index in [0.717, 1.165) is 4.90 Å². The Morgan fingerprint density at radius 2 is 1.76 bits per heavy atom. The number of carbonyl (C=O) groups excluding carboxylic acids is 3. The average molecular weight is 647 g/mol. The van der Waals surface area contributed by atoms with Gasteiger partial charge in [-0.05, 0) is 48.9 Å². The van der Waals surface area contributed by atoms with Crippen molar-refractivity contribution in [3.63, 3.8) is 0 Å². The molecular formula is C27H27Cl2F2N3O5S2. The number of alkyl halides is 2. The van der Waals surface area contributed by atoms with Crippen LogP contribution in [0.25, 0.3) is 6.08 Å². The van der Waals surface area contributed by atoms with Crippen molar-refractivity contribution < 1.29 is 33.1 Å². The second kappa shape index (κ2) is 15.4. The highest BCUT2D eigenvalue weighted by molar-refractivity contribution is 7.99. The number of nitrogens with zero attached hydrogens (tertiary/aromatic N) is 1. The Morgan fingerprint density at radius 3 is 2.39 bits per heavy atom. The molecule has 1 heterocycles. The number of halogens is 4. The Bertz CT molecular complexity index is 1320. The van der Waals surface area contributed by atoms with Crippen LogP contribution >= 0.6 is 46.7 Å². The maximum Gasteiger partial charge on any atom is 0.328 e. The van der Waals surface area contributed by atoms with Gasteiger partial charge in [0.1, 0.15) is 6.04 Å². The number of aliphatic carboxylic acids is 1. The van der Waals surface area contributed by atoms with E-state index in [1.807, 2.05) is 12.3 Å². The van der Waals surface area contributed by atoms with Gasteiger partial charge in [-0.1, -0.05) is 53.2 Å². The zero-order valence-corrected chi connectivity index (χ0v) is 24.9. The summed E-state index contributed by atoms with van der Waals surface area (Å²) < 4.78 is 25.6. The van der Waals surface area contributed by atoms with Gasteiger partial charge in [0.25, 0.3) is 11.7 Å². The van der Waals surface area contributed by atoms with Crippen molar-refractivity contribution in [1.29, 1.82) is 0 Å². The van der Waals surface area contributed by atoms with Crippen LogP contribution in [-0.4, -0.2) is 71.4 Å². The molecule has 0 aromatic heterocycles. The molecular weight excluding hydrogens is 619 g/mol. The molecule has 2 aromatic carbocycles. The Labute approximate surface area is 254 Å². The molecule has 0 aliphatic carbocycles. The first-order valence-corrected chi connectivity index (χ1v) is 15.2. The largest absolute Gasteiger partial charge is 0.480 e. The molecule has 3 amide bonds. The Morgan fingerprint density at radius 1 is 1.07 bits per heavy atom. The summed E-state index contributed by atoms with van der Waals surface area (Å²) >= 11 is 14.2. The van der Waals surface area contributed by atoms with E-state index in [1.54, 1.807) is 17.0 Å². The molecule has 0 bridgehead atoms. The molecule has 41 heavy (non-hydrogen) atoms. The normalized spacial score (nSPS) is 14.7. The lowest BCUT2D eigenvalue weighted by Crippen LogP contribution is -2.51. The maximum absolute atomic E-state index is 12.8. The molecule has 220 valence electrons. The fourth-order valence-corrected chi connectivity index (χ4v) is 5.90. The predicted octanol–water partition coefficient (Wildman–Crippen LogP) is 5.28. The SMILES string of the molecule is CSc1ccc(C=CC(=O)N2CCC(C(=O)NC(CNC(=O)c3ccccc3SC(F)F)C(=O)O)CC2)c(Cl)c1Cl. The third-order valence-corrected chi connectivity index (χ3v) is 8.89. The van der Waals surface area contributed by atoms with Crippen molar-refractivity contribution in [3.8, 4) is 0 Å². The molecule has 2 aromatic rings. The summed E-state index contributed by atoms with van der Waals surface area (Å²) in [5.74, 6) is -6.15. The molecule has 3 rings (SSSR count). The van der Waals surface area contributed by atoms with E-state index in [4.69, 9.17) is 23.2 Å². The number of hydrogen-bond acceptors (Lipinski definition) is 6. The minimum absolute atomic E-state index is 0.0262. The summed E-state index contributed by atoms with van der Waals surface area (Å²) in [5, 5.41) is 15.1. The van der Waals surface area contributed by atoms with E-state index >= 15 is 0 Å². The number of likely N-dealkylation sites (tertiary alicyclic amines) is 1. The molecule has 0 saturated carbocycles. The number of carboxylic acid groups (broad SMARTS) is 1. The van der Waals surface area contributed by atoms with Gasteiger partial charge in [-0.25, -0.2) is 4.79 Å². The van der Waals surface area contributed by atoms with Crippen LogP contribution in [0.2, 0.25) is 10.0 Å². The molecule has 14 heteroatoms. The van der Waals surface area contributed by atoms with E-state index in [1.165, 1.54) is 42.1 Å². The van der Waals surface area contributed by atoms with Gasteiger partial charge in [0.05, 0.1) is 15.6 Å². The monoisotopic (exact) mass is 645 g/mol. The van der Waals surface area contributed by atoms with Crippen LogP contribution < -0.4 is 10.6 Å². The Hall–Kier alpha value is -2.80. The van der Waals surface area contributed by atoms with Gasteiger partial charge in [-0.15, -0.1) is 11.8 Å². The number of piperidine rings is 1. The van der Waals surface area contributed by atoms with Crippen LogP contribution in [0.15, 0.2) is 52.3 Å². The Balaban J connectivity index is 1.52. The number of thioether (sulfide) groups is 2. The highest BCUT2D eigenvalue weighted by Crippen LogP contribution is 2.35. The first-order valence-electron chi connectivity index (χ1n) is 12.4. The molecule has 1 unspecified atom stereocenters. The molecule has 1 aliphatic rings. The van der Waals surface area contributed by atoms with E-state index < -0.39 is 42.0 Å². The summed E-state index contributed by atoms with van der Waals surface area (Å²) in [6.45, 7) is 0.128. The first kappa shape index (κ1) is 32.7. The molecule has 8 nitrogen and oxygen atoms in total. The minimum atomic E-state index is -2.73. The molecule has 1 aliphatic heterocycles. The van der Waals surface area contributed by atoms with Crippen molar-refractivity contribution in [3.05, 3.63) is 63.6 Å². The number of amides is 3. The second-order valence-electron chi connectivity index (χ2n) is 8.90. The minimum Gasteiger partial charge on any atom is -0.480 e. The fourth-order valence-electron chi connectivity index (χ4n) is 4.09. The van der Waals surface area contributed by atoms with Gasteiger partial charge in [-0.2, -0.15) is 8.78 Å². The highest BCUT2D eigenvalue weighted by Gasteiger charge is 2.30. The first-order chi connectivity index (χ1) is 19.5.